The van der Waals surface area contributed by atoms with E-state index < -0.39 is 5.41 Å². The van der Waals surface area contributed by atoms with Crippen LogP contribution in [-0.2, 0) is 11.2 Å². The molecule has 0 saturated heterocycles. The number of carbonyl (C=O) groups is 1. The average Bonchev–Trinajstić information content (AvgIpc) is 2.87. The molecule has 6 heteroatoms. The summed E-state index contributed by atoms with van der Waals surface area (Å²) < 4.78 is 13.8. The van der Waals surface area contributed by atoms with Crippen LogP contribution in [0, 0.1) is 23.1 Å². The molecular weight excluding hydrogens is 451 g/mol. The number of carbonyl (C=O) groups excluding carboxylic acids is 1. The Kier molecular flexibility index (Phi) is 6.31. The first-order valence-corrected chi connectivity index (χ1v) is 13.0. The molecule has 188 valence electrons. The van der Waals surface area contributed by atoms with Crippen LogP contribution < -0.4 is 10.6 Å². The smallest absolute Gasteiger partial charge is 0.238 e. The Hall–Kier alpha value is -3.28. The molecule has 1 fully saturated rings. The van der Waals surface area contributed by atoms with Crippen molar-refractivity contribution < 1.29 is 9.18 Å². The quantitative estimate of drug-likeness (QED) is 0.442. The molecular formula is C30H35FN4O. The molecule has 5 rings (SSSR count). The van der Waals surface area contributed by atoms with E-state index in [4.69, 9.17) is 5.73 Å². The van der Waals surface area contributed by atoms with Crippen LogP contribution in [0.1, 0.15) is 75.5 Å². The Balaban J connectivity index is 1.57. The van der Waals surface area contributed by atoms with Crippen molar-refractivity contribution in [2.75, 3.05) is 10.6 Å². The van der Waals surface area contributed by atoms with Gasteiger partial charge in [0.05, 0.1) is 11.1 Å². The van der Waals surface area contributed by atoms with E-state index in [-0.39, 0.29) is 23.5 Å². The second kappa shape index (κ2) is 9.30. The number of anilines is 3. The molecule has 0 aliphatic heterocycles. The minimum Gasteiger partial charge on any atom is -0.384 e. The monoisotopic (exact) mass is 486 g/mol. The minimum atomic E-state index is -0.598. The fourth-order valence-electron chi connectivity index (χ4n) is 6.49. The zero-order valence-corrected chi connectivity index (χ0v) is 21.5. The standard InChI is InChI=1S/C30H35FN4O/c1-18(2)20-5-11-24-21(15-20)6-12-25-28(24)19(3)13-14-30(25,4)29(36)35(23-9-7-22(31)8-10-23)27-16-26(32)33-17-34-27/h5,7-11,15-19,25,28H,6,12-14H2,1-4H3,(H2,32,33,34)/t19-,25+,28+,30+/m0/s1. The van der Waals surface area contributed by atoms with Gasteiger partial charge in [0.2, 0.25) is 5.91 Å². The van der Waals surface area contributed by atoms with Crippen LogP contribution in [0.15, 0.2) is 54.9 Å². The third-order valence-corrected chi connectivity index (χ3v) is 8.58. The highest BCUT2D eigenvalue weighted by molar-refractivity contribution is 6.03. The summed E-state index contributed by atoms with van der Waals surface area (Å²) in [4.78, 5) is 24.6. The molecule has 0 unspecified atom stereocenters. The normalized spacial score (nSPS) is 25.2. The second-order valence-corrected chi connectivity index (χ2v) is 11.1. The van der Waals surface area contributed by atoms with Gasteiger partial charge in [0.25, 0.3) is 0 Å². The van der Waals surface area contributed by atoms with Gasteiger partial charge < -0.3 is 5.73 Å². The summed E-state index contributed by atoms with van der Waals surface area (Å²) in [5.41, 5.74) is 10.2. The Morgan fingerprint density at radius 3 is 2.56 bits per heavy atom. The molecule has 0 spiro atoms. The highest BCUT2D eigenvalue weighted by Crippen LogP contribution is 2.57. The van der Waals surface area contributed by atoms with Gasteiger partial charge >= 0.3 is 0 Å². The van der Waals surface area contributed by atoms with Crippen molar-refractivity contribution in [2.45, 2.75) is 65.2 Å². The van der Waals surface area contributed by atoms with Crippen molar-refractivity contribution in [3.05, 3.63) is 77.4 Å². The lowest BCUT2D eigenvalue weighted by Crippen LogP contribution is -2.51. The van der Waals surface area contributed by atoms with E-state index in [0.717, 1.165) is 25.7 Å². The molecule has 2 N–H and O–H groups in total. The molecule has 0 radical (unpaired) electrons. The molecule has 1 amide bonds. The van der Waals surface area contributed by atoms with Gasteiger partial charge in [-0.25, -0.2) is 14.4 Å². The van der Waals surface area contributed by atoms with Crippen LogP contribution in [0.4, 0.5) is 21.7 Å². The lowest BCUT2D eigenvalue weighted by atomic mass is 9.53. The van der Waals surface area contributed by atoms with Crippen molar-refractivity contribution in [3.8, 4) is 0 Å². The van der Waals surface area contributed by atoms with Gasteiger partial charge in [-0.1, -0.05) is 45.9 Å². The molecule has 5 nitrogen and oxygen atoms in total. The first-order chi connectivity index (χ1) is 17.2. The minimum absolute atomic E-state index is 0.0173. The van der Waals surface area contributed by atoms with Crippen molar-refractivity contribution in [1.29, 1.82) is 0 Å². The largest absolute Gasteiger partial charge is 0.384 e. The topological polar surface area (TPSA) is 72.1 Å². The highest BCUT2D eigenvalue weighted by Gasteiger charge is 2.53. The lowest BCUT2D eigenvalue weighted by Gasteiger charge is -2.52. The van der Waals surface area contributed by atoms with Crippen LogP contribution >= 0.6 is 0 Å². The maximum Gasteiger partial charge on any atom is 0.238 e. The Labute approximate surface area is 213 Å². The van der Waals surface area contributed by atoms with Crippen LogP contribution in [0.3, 0.4) is 0 Å². The number of amides is 1. The van der Waals surface area contributed by atoms with E-state index >= 15 is 0 Å². The van der Waals surface area contributed by atoms with Crippen LogP contribution in [0.2, 0.25) is 0 Å². The predicted octanol–water partition coefficient (Wildman–Crippen LogP) is 6.77. The van der Waals surface area contributed by atoms with Crippen molar-refractivity contribution >= 4 is 23.2 Å². The lowest BCUT2D eigenvalue weighted by molar-refractivity contribution is -0.134. The Bertz CT molecular complexity index is 1270. The summed E-state index contributed by atoms with van der Waals surface area (Å²) in [6.07, 6.45) is 5.08. The van der Waals surface area contributed by atoms with E-state index in [9.17, 15) is 9.18 Å². The van der Waals surface area contributed by atoms with Gasteiger partial charge in [0, 0.05) is 6.07 Å². The van der Waals surface area contributed by atoms with Gasteiger partial charge in [-0.3, -0.25) is 9.69 Å². The summed E-state index contributed by atoms with van der Waals surface area (Å²) in [5.74, 6) is 1.84. The van der Waals surface area contributed by atoms with Crippen molar-refractivity contribution in [1.82, 2.24) is 9.97 Å². The molecule has 1 aromatic heterocycles. The number of nitrogen functional groups attached to an aromatic ring is 1. The number of fused-ring (bicyclic) bond motifs is 3. The van der Waals surface area contributed by atoms with Crippen molar-refractivity contribution in [2.24, 2.45) is 17.3 Å². The second-order valence-electron chi connectivity index (χ2n) is 11.1. The third-order valence-electron chi connectivity index (χ3n) is 8.58. The Morgan fingerprint density at radius 1 is 1.11 bits per heavy atom. The number of nitrogens with two attached hydrogens (primary N) is 1. The first kappa shape index (κ1) is 24.4. The van der Waals surface area contributed by atoms with Crippen molar-refractivity contribution in [3.63, 3.8) is 0 Å². The van der Waals surface area contributed by atoms with E-state index in [1.807, 2.05) is 0 Å². The zero-order valence-electron chi connectivity index (χ0n) is 21.5. The maximum atomic E-state index is 14.6. The van der Waals surface area contributed by atoms with Crippen LogP contribution in [0.5, 0.6) is 0 Å². The number of aryl methyl sites for hydroxylation is 1. The fourth-order valence-corrected chi connectivity index (χ4v) is 6.49. The molecule has 1 heterocycles. The van der Waals surface area contributed by atoms with E-state index in [0.29, 0.717) is 29.3 Å². The number of rotatable bonds is 4. The number of hydrogen-bond donors (Lipinski definition) is 1. The first-order valence-electron chi connectivity index (χ1n) is 13.0. The van der Waals surface area contributed by atoms with Crippen LogP contribution in [-0.4, -0.2) is 15.9 Å². The van der Waals surface area contributed by atoms with Gasteiger partial charge in [0.1, 0.15) is 23.8 Å². The summed E-state index contributed by atoms with van der Waals surface area (Å²) in [6, 6.07) is 14.6. The molecule has 1 saturated carbocycles. The molecule has 2 aromatic carbocycles. The highest BCUT2D eigenvalue weighted by atomic mass is 19.1. The Morgan fingerprint density at radius 2 is 1.86 bits per heavy atom. The van der Waals surface area contributed by atoms with E-state index in [2.05, 4.69) is 55.9 Å². The van der Waals surface area contributed by atoms with Gasteiger partial charge in [0.15, 0.2) is 0 Å². The molecule has 2 aliphatic rings. The van der Waals surface area contributed by atoms with E-state index in [1.165, 1.54) is 35.2 Å². The molecule has 3 aromatic rings. The number of hydrogen-bond acceptors (Lipinski definition) is 4. The summed E-state index contributed by atoms with van der Waals surface area (Å²) in [5, 5.41) is 0. The van der Waals surface area contributed by atoms with Gasteiger partial charge in [-0.2, -0.15) is 0 Å². The maximum absolute atomic E-state index is 14.6. The van der Waals surface area contributed by atoms with E-state index in [1.54, 1.807) is 23.1 Å². The summed E-state index contributed by atoms with van der Waals surface area (Å²) in [6.45, 7) is 8.91. The summed E-state index contributed by atoms with van der Waals surface area (Å²) in [7, 11) is 0. The molecule has 0 bridgehead atoms. The van der Waals surface area contributed by atoms with Gasteiger partial charge in [-0.05, 0) is 90.3 Å². The predicted molar refractivity (Wildman–Crippen MR) is 142 cm³/mol. The molecule has 2 aliphatic carbocycles. The number of benzene rings is 2. The SMILES string of the molecule is CC(C)c1ccc2c(c1)CC[C@@H]1[C@@H]2[C@@H](C)CC[C@@]1(C)C(=O)N(c1ccc(F)cc1)c1cc(N)ncn1. The van der Waals surface area contributed by atoms with Crippen LogP contribution in [0.25, 0.3) is 0 Å². The molecule has 4 atom stereocenters. The molecule has 36 heavy (non-hydrogen) atoms. The third kappa shape index (κ3) is 4.16. The summed E-state index contributed by atoms with van der Waals surface area (Å²) >= 11 is 0. The van der Waals surface area contributed by atoms with Gasteiger partial charge in [-0.15, -0.1) is 0 Å². The average molecular weight is 487 g/mol. The zero-order chi connectivity index (χ0) is 25.6. The number of nitrogens with zero attached hydrogens (tertiary/aromatic N) is 3. The number of halogens is 1. The fraction of sp³-hybridized carbons (Fsp3) is 0.433. The number of aromatic nitrogens is 2.